The average molecular weight is 307 g/mol. The molecule has 0 saturated carbocycles. The summed E-state index contributed by atoms with van der Waals surface area (Å²) in [7, 11) is -1.54. The number of hydrogen-bond acceptors (Lipinski definition) is 7. The molecule has 0 amide bonds. The van der Waals surface area contributed by atoms with E-state index >= 15 is 0 Å². The molecular weight excluding hydrogens is 282 g/mol. The van der Waals surface area contributed by atoms with E-state index < -0.39 is 16.3 Å². The average Bonchev–Trinajstić information content (AvgIpc) is 2.40. The Bertz CT molecular complexity index is 411. The van der Waals surface area contributed by atoms with Gasteiger partial charge in [0, 0.05) is 32.7 Å². The molecule has 0 aliphatic carbocycles. The van der Waals surface area contributed by atoms with Gasteiger partial charge in [0.2, 0.25) is 0 Å². The smallest absolute Gasteiger partial charge is 0.265 e. The molecule has 0 aromatic heterocycles. The first-order valence-corrected chi connectivity index (χ1v) is 8.83. The van der Waals surface area contributed by atoms with Gasteiger partial charge in [-0.15, -0.1) is 0 Å². The number of morpholine rings is 1. The second-order valence-corrected chi connectivity index (χ2v) is 7.11. The predicted octanol–water partition coefficient (Wildman–Crippen LogP) is -0.786. The number of rotatable bonds is 4. The van der Waals surface area contributed by atoms with E-state index in [-0.39, 0.29) is 6.17 Å². The summed E-state index contributed by atoms with van der Waals surface area (Å²) in [5, 5.41) is 0. The van der Waals surface area contributed by atoms with Gasteiger partial charge in [-0.1, -0.05) is 0 Å². The van der Waals surface area contributed by atoms with Crippen LogP contribution in [0.4, 0.5) is 0 Å². The van der Waals surface area contributed by atoms with E-state index in [2.05, 4.69) is 16.7 Å². The molecule has 0 aromatic rings. The lowest BCUT2D eigenvalue weighted by atomic mass is 10.2. The van der Waals surface area contributed by atoms with Gasteiger partial charge < -0.3 is 4.74 Å². The topological polar surface area (TPSA) is 62.3 Å². The number of likely N-dealkylation sites (N-methyl/N-ethyl adjacent to an activating group) is 1. The Morgan fingerprint density at radius 3 is 2.40 bits per heavy atom. The van der Waals surface area contributed by atoms with E-state index in [0.29, 0.717) is 6.54 Å². The zero-order valence-corrected chi connectivity index (χ0v) is 13.3. The molecule has 2 aliphatic heterocycles. The summed E-state index contributed by atoms with van der Waals surface area (Å²) >= 11 is 0. The minimum Gasteiger partial charge on any atom is -0.379 e. The molecule has 7 nitrogen and oxygen atoms in total. The highest BCUT2D eigenvalue weighted by Crippen LogP contribution is 2.16. The van der Waals surface area contributed by atoms with Crippen LogP contribution in [-0.4, -0.2) is 94.8 Å². The first-order valence-electron chi connectivity index (χ1n) is 7.01. The summed E-state index contributed by atoms with van der Waals surface area (Å²) < 4.78 is 33.2. The molecule has 8 heteroatoms. The largest absolute Gasteiger partial charge is 0.379 e. The maximum Gasteiger partial charge on any atom is 0.265 e. The van der Waals surface area contributed by atoms with E-state index in [1.54, 1.807) is 0 Å². The van der Waals surface area contributed by atoms with Crippen molar-refractivity contribution in [1.29, 1.82) is 0 Å². The second kappa shape index (κ2) is 6.67. The molecule has 0 bridgehead atoms. The van der Waals surface area contributed by atoms with E-state index in [9.17, 15) is 8.42 Å². The normalized spacial score (nSPS) is 29.4. The Morgan fingerprint density at radius 2 is 1.80 bits per heavy atom. The predicted molar refractivity (Wildman–Crippen MR) is 75.8 cm³/mol. The standard InChI is InChI=1S/C12H25N3O4S/c1-11(14-6-8-18-9-7-14)15-5-4-13(2)12(10-15)19-20(3,16)17/h11-12H,4-10H2,1-3H3. The SMILES string of the molecule is CC(N1CCOCC1)N1CCN(C)C(OS(C)(=O)=O)C1. The molecule has 0 N–H and O–H groups in total. The van der Waals surface area contributed by atoms with Gasteiger partial charge in [-0.25, -0.2) is 4.18 Å². The van der Waals surface area contributed by atoms with Crippen molar-refractivity contribution < 1.29 is 17.3 Å². The number of piperazine rings is 1. The second-order valence-electron chi connectivity index (χ2n) is 5.51. The molecule has 0 aromatic carbocycles. The zero-order chi connectivity index (χ0) is 14.8. The van der Waals surface area contributed by atoms with Crippen LogP contribution in [0.1, 0.15) is 6.92 Å². The Kier molecular flexibility index (Phi) is 5.38. The van der Waals surface area contributed by atoms with Crippen LogP contribution < -0.4 is 0 Å². The van der Waals surface area contributed by atoms with Gasteiger partial charge in [0.1, 0.15) is 6.23 Å². The highest BCUT2D eigenvalue weighted by molar-refractivity contribution is 7.86. The third-order valence-electron chi connectivity index (χ3n) is 4.01. The van der Waals surface area contributed by atoms with Gasteiger partial charge in [-0.05, 0) is 14.0 Å². The van der Waals surface area contributed by atoms with E-state index in [1.807, 2.05) is 11.9 Å². The fraction of sp³-hybridized carbons (Fsp3) is 1.00. The van der Waals surface area contributed by atoms with Gasteiger partial charge >= 0.3 is 0 Å². The molecule has 2 saturated heterocycles. The fourth-order valence-electron chi connectivity index (χ4n) is 2.69. The molecule has 2 atom stereocenters. The van der Waals surface area contributed by atoms with Crippen molar-refractivity contribution in [2.24, 2.45) is 0 Å². The van der Waals surface area contributed by atoms with Crippen LogP contribution in [0.3, 0.4) is 0 Å². The van der Waals surface area contributed by atoms with Crippen molar-refractivity contribution in [3.05, 3.63) is 0 Å². The molecule has 20 heavy (non-hydrogen) atoms. The fourth-order valence-corrected chi connectivity index (χ4v) is 3.30. The number of hydrogen-bond donors (Lipinski definition) is 0. The summed E-state index contributed by atoms with van der Waals surface area (Å²) in [6.07, 6.45) is 0.978. The van der Waals surface area contributed by atoms with Crippen molar-refractivity contribution in [2.45, 2.75) is 19.3 Å². The molecule has 0 radical (unpaired) electrons. The summed E-state index contributed by atoms with van der Waals surface area (Å²) in [5.41, 5.74) is 0. The molecule has 2 fully saturated rings. The summed E-state index contributed by atoms with van der Waals surface area (Å²) in [6.45, 7) is 7.85. The van der Waals surface area contributed by atoms with E-state index in [4.69, 9.17) is 8.92 Å². The van der Waals surface area contributed by atoms with Gasteiger partial charge in [-0.3, -0.25) is 14.7 Å². The van der Waals surface area contributed by atoms with Crippen LogP contribution in [0.2, 0.25) is 0 Å². The quantitative estimate of drug-likeness (QED) is 0.631. The highest BCUT2D eigenvalue weighted by Gasteiger charge is 2.32. The monoisotopic (exact) mass is 307 g/mol. The van der Waals surface area contributed by atoms with Gasteiger partial charge in [-0.2, -0.15) is 8.42 Å². The molecule has 2 rings (SSSR count). The lowest BCUT2D eigenvalue weighted by Gasteiger charge is -2.45. The Balaban J connectivity index is 1.95. The van der Waals surface area contributed by atoms with Crippen LogP contribution >= 0.6 is 0 Å². The van der Waals surface area contributed by atoms with E-state index in [0.717, 1.165) is 45.6 Å². The number of ether oxygens (including phenoxy) is 1. The minimum atomic E-state index is -3.43. The van der Waals surface area contributed by atoms with Crippen LogP contribution in [0.15, 0.2) is 0 Å². The molecule has 118 valence electrons. The molecular formula is C12H25N3O4S. The van der Waals surface area contributed by atoms with Crippen molar-refractivity contribution in [3.63, 3.8) is 0 Å². The van der Waals surface area contributed by atoms with Gasteiger partial charge in [0.05, 0.1) is 25.6 Å². The summed E-state index contributed by atoms with van der Waals surface area (Å²) in [4.78, 5) is 6.59. The first kappa shape index (κ1) is 16.1. The van der Waals surface area contributed by atoms with Crippen molar-refractivity contribution in [1.82, 2.24) is 14.7 Å². The molecule has 0 spiro atoms. The summed E-state index contributed by atoms with van der Waals surface area (Å²) in [5.74, 6) is 0. The van der Waals surface area contributed by atoms with E-state index in [1.165, 1.54) is 0 Å². The van der Waals surface area contributed by atoms with Crippen molar-refractivity contribution in [2.75, 3.05) is 59.2 Å². The van der Waals surface area contributed by atoms with Gasteiger partial charge in [0.25, 0.3) is 10.1 Å². The molecule has 2 heterocycles. The third kappa shape index (κ3) is 4.37. The first-order chi connectivity index (χ1) is 9.37. The Morgan fingerprint density at radius 1 is 1.15 bits per heavy atom. The van der Waals surface area contributed by atoms with Crippen LogP contribution in [0, 0.1) is 0 Å². The van der Waals surface area contributed by atoms with Crippen LogP contribution in [0.25, 0.3) is 0 Å². The van der Waals surface area contributed by atoms with Crippen molar-refractivity contribution >= 4 is 10.1 Å². The van der Waals surface area contributed by atoms with Gasteiger partial charge in [0.15, 0.2) is 0 Å². The third-order valence-corrected chi connectivity index (χ3v) is 4.58. The highest BCUT2D eigenvalue weighted by atomic mass is 32.2. The minimum absolute atomic E-state index is 0.276. The maximum atomic E-state index is 11.3. The molecule has 2 unspecified atom stereocenters. The van der Waals surface area contributed by atoms with Crippen LogP contribution in [-0.2, 0) is 19.0 Å². The zero-order valence-electron chi connectivity index (χ0n) is 12.5. The molecule has 2 aliphatic rings. The number of nitrogens with zero attached hydrogens (tertiary/aromatic N) is 3. The maximum absolute atomic E-state index is 11.3. The van der Waals surface area contributed by atoms with Crippen LogP contribution in [0.5, 0.6) is 0 Å². The lowest BCUT2D eigenvalue weighted by molar-refractivity contribution is -0.0797. The lowest BCUT2D eigenvalue weighted by Crippen LogP contribution is -2.60. The Hall–Kier alpha value is -0.250. The van der Waals surface area contributed by atoms with Crippen molar-refractivity contribution in [3.8, 4) is 0 Å². The Labute approximate surface area is 121 Å². The summed E-state index contributed by atoms with van der Waals surface area (Å²) in [6, 6.07) is 0.